The molecule has 0 aromatic heterocycles. The van der Waals surface area contributed by atoms with E-state index in [2.05, 4.69) is 5.32 Å². The lowest BCUT2D eigenvalue weighted by Crippen LogP contribution is -2.08. The van der Waals surface area contributed by atoms with Crippen molar-refractivity contribution in [2.24, 2.45) is 0 Å². The molecule has 0 aliphatic heterocycles. The Balaban J connectivity index is 2.12. The smallest absolute Gasteiger partial charge is 0.338 e. The van der Waals surface area contributed by atoms with Crippen molar-refractivity contribution in [3.63, 3.8) is 0 Å². The third kappa shape index (κ3) is 3.95. The number of halogens is 1. The highest BCUT2D eigenvalue weighted by atomic mass is 19.1. The van der Waals surface area contributed by atoms with Crippen LogP contribution in [0.4, 0.5) is 15.8 Å². The molecule has 2 rings (SSSR count). The van der Waals surface area contributed by atoms with Crippen molar-refractivity contribution in [3.8, 4) is 0 Å². The van der Waals surface area contributed by atoms with Crippen LogP contribution in [0.25, 0.3) is 0 Å². The van der Waals surface area contributed by atoms with E-state index in [0.717, 1.165) is 5.56 Å². The van der Waals surface area contributed by atoms with Gasteiger partial charge in [0.1, 0.15) is 5.82 Å². The molecule has 2 aromatic rings. The van der Waals surface area contributed by atoms with Crippen molar-refractivity contribution >= 4 is 17.3 Å². The van der Waals surface area contributed by atoms with Crippen LogP contribution in [0.1, 0.15) is 22.8 Å². The number of nitrogens with one attached hydrogen (secondary N) is 1. The molecule has 110 valence electrons. The van der Waals surface area contributed by atoms with Crippen molar-refractivity contribution < 1.29 is 13.9 Å². The van der Waals surface area contributed by atoms with Crippen molar-refractivity contribution in [2.45, 2.75) is 13.5 Å². The third-order valence-corrected chi connectivity index (χ3v) is 2.94. The Morgan fingerprint density at radius 1 is 1.29 bits per heavy atom. The predicted octanol–water partition coefficient (Wildman–Crippen LogP) is 3.20. The highest BCUT2D eigenvalue weighted by Gasteiger charge is 2.09. The van der Waals surface area contributed by atoms with Gasteiger partial charge in [0.05, 0.1) is 23.5 Å². The maximum atomic E-state index is 13.1. The molecule has 0 saturated heterocycles. The standard InChI is InChI=1S/C16H17FN2O2/c1-2-21-16(20)12-6-7-14(18)15(9-12)19-10-11-4-3-5-13(17)8-11/h3-9,19H,2,10,18H2,1H3. The number of rotatable bonds is 5. The van der Waals surface area contributed by atoms with E-state index >= 15 is 0 Å². The largest absolute Gasteiger partial charge is 0.462 e. The Hall–Kier alpha value is -2.56. The topological polar surface area (TPSA) is 64.3 Å². The van der Waals surface area contributed by atoms with Gasteiger partial charge in [-0.3, -0.25) is 0 Å². The first-order valence-corrected chi connectivity index (χ1v) is 6.65. The summed E-state index contributed by atoms with van der Waals surface area (Å²) in [5.41, 5.74) is 8.21. The quantitative estimate of drug-likeness (QED) is 0.655. The molecule has 21 heavy (non-hydrogen) atoms. The number of hydrogen-bond donors (Lipinski definition) is 2. The first-order chi connectivity index (χ1) is 10.1. The summed E-state index contributed by atoms with van der Waals surface area (Å²) in [6.45, 7) is 2.47. The lowest BCUT2D eigenvalue weighted by atomic mass is 10.1. The molecule has 0 atom stereocenters. The zero-order valence-electron chi connectivity index (χ0n) is 11.7. The molecule has 0 radical (unpaired) electrons. The van der Waals surface area contributed by atoms with E-state index in [4.69, 9.17) is 10.5 Å². The molecule has 2 aromatic carbocycles. The van der Waals surface area contributed by atoms with Gasteiger partial charge in [0.15, 0.2) is 0 Å². The van der Waals surface area contributed by atoms with Crippen LogP contribution in [0, 0.1) is 5.82 Å². The predicted molar refractivity (Wildman–Crippen MR) is 80.5 cm³/mol. The highest BCUT2D eigenvalue weighted by Crippen LogP contribution is 2.21. The first-order valence-electron chi connectivity index (χ1n) is 6.65. The fraction of sp³-hybridized carbons (Fsp3) is 0.188. The van der Waals surface area contributed by atoms with Crippen LogP contribution < -0.4 is 11.1 Å². The minimum absolute atomic E-state index is 0.289. The van der Waals surface area contributed by atoms with Crippen LogP contribution >= 0.6 is 0 Å². The van der Waals surface area contributed by atoms with Gasteiger partial charge in [-0.15, -0.1) is 0 Å². The van der Waals surface area contributed by atoms with E-state index in [1.54, 1.807) is 31.2 Å². The number of nitrogen functional groups attached to an aromatic ring is 1. The molecule has 0 spiro atoms. The first kappa shape index (κ1) is 14.8. The van der Waals surface area contributed by atoms with Crippen LogP contribution in [-0.4, -0.2) is 12.6 Å². The number of anilines is 2. The van der Waals surface area contributed by atoms with E-state index in [9.17, 15) is 9.18 Å². The van der Waals surface area contributed by atoms with Crippen LogP contribution in [0.3, 0.4) is 0 Å². The molecule has 0 aliphatic carbocycles. The zero-order chi connectivity index (χ0) is 15.2. The van der Waals surface area contributed by atoms with Crippen LogP contribution in [0.15, 0.2) is 42.5 Å². The molecular weight excluding hydrogens is 271 g/mol. The second-order valence-corrected chi connectivity index (χ2v) is 4.51. The average molecular weight is 288 g/mol. The Morgan fingerprint density at radius 3 is 2.81 bits per heavy atom. The molecule has 0 amide bonds. The molecule has 5 heteroatoms. The summed E-state index contributed by atoms with van der Waals surface area (Å²) < 4.78 is 18.1. The van der Waals surface area contributed by atoms with Gasteiger partial charge in [0.25, 0.3) is 0 Å². The van der Waals surface area contributed by atoms with Crippen LogP contribution in [0.5, 0.6) is 0 Å². The number of esters is 1. The number of hydrogen-bond acceptors (Lipinski definition) is 4. The minimum atomic E-state index is -0.397. The molecule has 0 aliphatic rings. The summed E-state index contributed by atoms with van der Waals surface area (Å²) in [4.78, 5) is 11.7. The van der Waals surface area contributed by atoms with Crippen LogP contribution in [0.2, 0.25) is 0 Å². The Bertz CT molecular complexity index is 644. The lowest BCUT2D eigenvalue weighted by molar-refractivity contribution is 0.0526. The van der Waals surface area contributed by atoms with E-state index in [-0.39, 0.29) is 5.82 Å². The van der Waals surface area contributed by atoms with Crippen LogP contribution in [-0.2, 0) is 11.3 Å². The van der Waals surface area contributed by atoms with Crippen molar-refractivity contribution in [3.05, 3.63) is 59.4 Å². The summed E-state index contributed by atoms with van der Waals surface area (Å²) in [6, 6.07) is 11.2. The summed E-state index contributed by atoms with van der Waals surface area (Å²) in [6.07, 6.45) is 0. The van der Waals surface area contributed by atoms with Gasteiger partial charge < -0.3 is 15.8 Å². The molecular formula is C16H17FN2O2. The number of benzene rings is 2. The maximum absolute atomic E-state index is 13.1. The summed E-state index contributed by atoms with van der Waals surface area (Å²) in [5, 5.41) is 3.09. The molecule has 0 unspecified atom stereocenters. The highest BCUT2D eigenvalue weighted by molar-refractivity contribution is 5.92. The van der Waals surface area contributed by atoms with E-state index in [0.29, 0.717) is 30.1 Å². The van der Waals surface area contributed by atoms with E-state index in [1.807, 2.05) is 6.07 Å². The molecule has 0 heterocycles. The minimum Gasteiger partial charge on any atom is -0.462 e. The van der Waals surface area contributed by atoms with E-state index in [1.165, 1.54) is 12.1 Å². The molecule has 0 bridgehead atoms. The van der Waals surface area contributed by atoms with E-state index < -0.39 is 5.97 Å². The second-order valence-electron chi connectivity index (χ2n) is 4.51. The number of ether oxygens (including phenoxy) is 1. The number of nitrogens with two attached hydrogens (primary N) is 1. The van der Waals surface area contributed by atoms with Gasteiger partial charge in [-0.25, -0.2) is 9.18 Å². The summed E-state index contributed by atoms with van der Waals surface area (Å²) in [5.74, 6) is -0.686. The Kier molecular flexibility index (Phi) is 4.77. The molecule has 0 fully saturated rings. The normalized spacial score (nSPS) is 10.2. The third-order valence-electron chi connectivity index (χ3n) is 2.94. The van der Waals surface area contributed by atoms with Gasteiger partial charge in [-0.1, -0.05) is 12.1 Å². The Morgan fingerprint density at radius 2 is 2.10 bits per heavy atom. The number of carbonyl (C=O) groups excluding carboxylic acids is 1. The van der Waals surface area contributed by atoms with Gasteiger partial charge >= 0.3 is 5.97 Å². The summed E-state index contributed by atoms with van der Waals surface area (Å²) in [7, 11) is 0. The van der Waals surface area contributed by atoms with Gasteiger partial charge in [0.2, 0.25) is 0 Å². The monoisotopic (exact) mass is 288 g/mol. The molecule has 0 saturated carbocycles. The Labute approximate surface area is 122 Å². The van der Waals surface area contributed by atoms with Crippen molar-refractivity contribution in [1.29, 1.82) is 0 Å². The number of carbonyl (C=O) groups is 1. The SMILES string of the molecule is CCOC(=O)c1ccc(N)c(NCc2cccc(F)c2)c1. The summed E-state index contributed by atoms with van der Waals surface area (Å²) >= 11 is 0. The van der Waals surface area contributed by atoms with Crippen molar-refractivity contribution in [1.82, 2.24) is 0 Å². The average Bonchev–Trinajstić information content (AvgIpc) is 2.46. The maximum Gasteiger partial charge on any atom is 0.338 e. The van der Waals surface area contributed by atoms with Gasteiger partial charge in [-0.2, -0.15) is 0 Å². The fourth-order valence-corrected chi connectivity index (χ4v) is 1.89. The zero-order valence-corrected chi connectivity index (χ0v) is 11.7. The lowest BCUT2D eigenvalue weighted by Gasteiger charge is -2.11. The van der Waals surface area contributed by atoms with Gasteiger partial charge in [-0.05, 0) is 42.8 Å². The molecule has 4 nitrogen and oxygen atoms in total. The van der Waals surface area contributed by atoms with Gasteiger partial charge in [0, 0.05) is 6.54 Å². The van der Waals surface area contributed by atoms with Crippen molar-refractivity contribution in [2.75, 3.05) is 17.7 Å². The fourth-order valence-electron chi connectivity index (χ4n) is 1.89. The molecule has 3 N–H and O–H groups in total. The second kappa shape index (κ2) is 6.74.